The Balaban J connectivity index is 2.59. The molecule has 2 N–H and O–H groups in total. The Hall–Kier alpha value is -1.54. The van der Waals surface area contributed by atoms with Crippen molar-refractivity contribution in [2.45, 2.75) is 85.1 Å². The highest BCUT2D eigenvalue weighted by Gasteiger charge is 2.26. The number of carbonyl (C=O) groups is 2. The number of alkyl carbamates (subject to hydrolysis) is 2. The van der Waals surface area contributed by atoms with Gasteiger partial charge in [0.25, 0.3) is 0 Å². The molecule has 0 aromatic carbocycles. The van der Waals surface area contributed by atoms with Crippen LogP contribution in [0.25, 0.3) is 0 Å². The molecular formula is C21H42N4O4. The maximum absolute atomic E-state index is 12.1. The molecular weight excluding hydrogens is 372 g/mol. The molecule has 0 saturated carbocycles. The lowest BCUT2D eigenvalue weighted by atomic mass is 10.1. The molecule has 1 rings (SSSR count). The van der Waals surface area contributed by atoms with Crippen LogP contribution in [-0.4, -0.2) is 73.7 Å². The van der Waals surface area contributed by atoms with E-state index in [1.54, 1.807) is 0 Å². The number of nitrogens with zero attached hydrogens (tertiary/aromatic N) is 2. The summed E-state index contributed by atoms with van der Waals surface area (Å²) < 4.78 is 11.1. The molecule has 0 bridgehead atoms. The van der Waals surface area contributed by atoms with Gasteiger partial charge in [0.05, 0.1) is 0 Å². The zero-order chi connectivity index (χ0) is 21.5. The van der Waals surface area contributed by atoms with Crippen molar-refractivity contribution < 1.29 is 19.1 Å². The third kappa shape index (κ3) is 11.3. The standard InChI is InChI=1S/C21H42N4O4/c1-5-7-12-22-20(26)28-18(3)25(17-16-24-14-10-9-11-15-24)19(4)29-21(27)23-13-8-6-2/h18-19H,5-17H2,1-4H3,(H,22,26)(H,23,27). The molecule has 8 heteroatoms. The molecule has 29 heavy (non-hydrogen) atoms. The number of amides is 2. The molecule has 1 fully saturated rings. The number of hydrogen-bond acceptors (Lipinski definition) is 6. The van der Waals surface area contributed by atoms with Crippen molar-refractivity contribution in [3.63, 3.8) is 0 Å². The van der Waals surface area contributed by atoms with E-state index < -0.39 is 24.6 Å². The van der Waals surface area contributed by atoms with E-state index in [0.29, 0.717) is 19.6 Å². The van der Waals surface area contributed by atoms with Gasteiger partial charge in [0.1, 0.15) is 0 Å². The first-order valence-electron chi connectivity index (χ1n) is 11.3. The second-order valence-corrected chi connectivity index (χ2v) is 7.71. The number of unbranched alkanes of at least 4 members (excludes halogenated alkanes) is 2. The second kappa shape index (κ2) is 15.3. The van der Waals surface area contributed by atoms with E-state index in [2.05, 4.69) is 29.4 Å². The molecule has 1 heterocycles. The van der Waals surface area contributed by atoms with Gasteiger partial charge in [0.2, 0.25) is 0 Å². The molecule has 0 spiro atoms. The molecule has 2 amide bonds. The fourth-order valence-electron chi connectivity index (χ4n) is 3.36. The summed E-state index contributed by atoms with van der Waals surface area (Å²) >= 11 is 0. The van der Waals surface area contributed by atoms with Gasteiger partial charge in [-0.25, -0.2) is 14.5 Å². The Kier molecular flexibility index (Phi) is 13.5. The van der Waals surface area contributed by atoms with Crippen molar-refractivity contribution in [3.8, 4) is 0 Å². The molecule has 8 nitrogen and oxygen atoms in total. The van der Waals surface area contributed by atoms with E-state index in [0.717, 1.165) is 45.3 Å². The van der Waals surface area contributed by atoms with Gasteiger partial charge >= 0.3 is 12.2 Å². The first kappa shape index (κ1) is 25.5. The summed E-state index contributed by atoms with van der Waals surface area (Å²) in [5.41, 5.74) is 0. The topological polar surface area (TPSA) is 83.1 Å². The monoisotopic (exact) mass is 414 g/mol. The van der Waals surface area contributed by atoms with Crippen LogP contribution in [0.2, 0.25) is 0 Å². The van der Waals surface area contributed by atoms with Gasteiger partial charge in [0, 0.05) is 26.2 Å². The molecule has 2 atom stereocenters. The maximum atomic E-state index is 12.1. The molecule has 2 unspecified atom stereocenters. The van der Waals surface area contributed by atoms with Gasteiger partial charge in [-0.1, -0.05) is 33.1 Å². The lowest BCUT2D eigenvalue weighted by Crippen LogP contribution is -2.50. The van der Waals surface area contributed by atoms with Gasteiger partial charge in [-0.3, -0.25) is 0 Å². The fraction of sp³-hybridized carbons (Fsp3) is 0.905. The normalized spacial score (nSPS) is 16.9. The quantitative estimate of drug-likeness (QED) is 0.354. The smallest absolute Gasteiger partial charge is 0.408 e. The van der Waals surface area contributed by atoms with E-state index in [-0.39, 0.29) is 0 Å². The van der Waals surface area contributed by atoms with Crippen LogP contribution < -0.4 is 10.6 Å². The highest BCUT2D eigenvalue weighted by atomic mass is 16.6. The molecule has 0 aromatic rings. The van der Waals surface area contributed by atoms with Gasteiger partial charge in [-0.2, -0.15) is 0 Å². The van der Waals surface area contributed by atoms with E-state index in [1.165, 1.54) is 19.3 Å². The lowest BCUT2D eigenvalue weighted by Gasteiger charge is -2.35. The summed E-state index contributed by atoms with van der Waals surface area (Å²) in [5.74, 6) is 0. The van der Waals surface area contributed by atoms with Crippen molar-refractivity contribution in [1.82, 2.24) is 20.4 Å². The first-order valence-corrected chi connectivity index (χ1v) is 11.3. The second-order valence-electron chi connectivity index (χ2n) is 7.71. The summed E-state index contributed by atoms with van der Waals surface area (Å²) in [6.07, 6.45) is 5.71. The predicted octanol–water partition coefficient (Wildman–Crippen LogP) is 3.52. The fourth-order valence-corrected chi connectivity index (χ4v) is 3.36. The summed E-state index contributed by atoms with van der Waals surface area (Å²) in [7, 11) is 0. The van der Waals surface area contributed by atoms with Gasteiger partial charge in [-0.15, -0.1) is 0 Å². The van der Waals surface area contributed by atoms with E-state index >= 15 is 0 Å². The summed E-state index contributed by atoms with van der Waals surface area (Å²) in [6.45, 7) is 12.7. The molecule has 0 radical (unpaired) electrons. The Labute approximate surface area is 176 Å². The minimum atomic E-state index is -0.500. The minimum absolute atomic E-state index is 0.437. The van der Waals surface area contributed by atoms with Crippen molar-refractivity contribution in [2.24, 2.45) is 0 Å². The Bertz CT molecular complexity index is 428. The summed E-state index contributed by atoms with van der Waals surface area (Å²) in [4.78, 5) is 28.5. The number of rotatable bonds is 13. The number of piperidine rings is 1. The summed E-state index contributed by atoms with van der Waals surface area (Å²) in [5, 5.41) is 5.54. The van der Waals surface area contributed by atoms with E-state index in [1.807, 2.05) is 18.7 Å². The number of carbonyl (C=O) groups excluding carboxylic acids is 2. The predicted molar refractivity (Wildman–Crippen MR) is 115 cm³/mol. The Morgan fingerprint density at radius 1 is 0.897 bits per heavy atom. The number of ether oxygens (including phenoxy) is 2. The zero-order valence-electron chi connectivity index (χ0n) is 18.9. The largest absolute Gasteiger partial charge is 0.430 e. The SMILES string of the molecule is CCCCNC(=O)OC(C)N(CCN1CCCCC1)C(C)OC(=O)NCCCC. The molecule has 1 aliphatic heterocycles. The van der Waals surface area contributed by atoms with Crippen LogP contribution in [0.4, 0.5) is 9.59 Å². The van der Waals surface area contributed by atoms with Crippen LogP contribution in [0, 0.1) is 0 Å². The third-order valence-electron chi connectivity index (χ3n) is 5.21. The van der Waals surface area contributed by atoms with Crippen molar-refractivity contribution >= 4 is 12.2 Å². The van der Waals surface area contributed by atoms with Crippen LogP contribution in [0.15, 0.2) is 0 Å². The van der Waals surface area contributed by atoms with Crippen LogP contribution in [-0.2, 0) is 9.47 Å². The molecule has 1 saturated heterocycles. The maximum Gasteiger partial charge on any atom is 0.408 e. The lowest BCUT2D eigenvalue weighted by molar-refractivity contribution is -0.0943. The zero-order valence-corrected chi connectivity index (χ0v) is 18.9. The average molecular weight is 415 g/mol. The number of nitrogens with one attached hydrogen (secondary N) is 2. The molecule has 0 aliphatic carbocycles. The van der Waals surface area contributed by atoms with Gasteiger partial charge in [-0.05, 0) is 52.6 Å². The van der Waals surface area contributed by atoms with E-state index in [4.69, 9.17) is 9.47 Å². The van der Waals surface area contributed by atoms with Crippen molar-refractivity contribution in [2.75, 3.05) is 39.3 Å². The number of hydrogen-bond donors (Lipinski definition) is 2. The van der Waals surface area contributed by atoms with Crippen molar-refractivity contribution in [3.05, 3.63) is 0 Å². The third-order valence-corrected chi connectivity index (χ3v) is 5.21. The highest BCUT2D eigenvalue weighted by Crippen LogP contribution is 2.12. The molecule has 0 aromatic heterocycles. The van der Waals surface area contributed by atoms with E-state index in [9.17, 15) is 9.59 Å². The number of likely N-dealkylation sites (tertiary alicyclic amines) is 1. The molecule has 1 aliphatic rings. The molecule has 170 valence electrons. The van der Waals surface area contributed by atoms with Crippen LogP contribution in [0.3, 0.4) is 0 Å². The highest BCUT2D eigenvalue weighted by molar-refractivity contribution is 5.67. The van der Waals surface area contributed by atoms with Gasteiger partial charge < -0.3 is 25.0 Å². The minimum Gasteiger partial charge on any atom is -0.430 e. The van der Waals surface area contributed by atoms with Crippen LogP contribution in [0.5, 0.6) is 0 Å². The Morgan fingerprint density at radius 3 is 1.83 bits per heavy atom. The van der Waals surface area contributed by atoms with Crippen LogP contribution >= 0.6 is 0 Å². The first-order chi connectivity index (χ1) is 14.0. The Morgan fingerprint density at radius 2 is 1.38 bits per heavy atom. The van der Waals surface area contributed by atoms with Crippen LogP contribution in [0.1, 0.15) is 72.6 Å². The summed E-state index contributed by atoms with van der Waals surface area (Å²) in [6, 6.07) is 0. The average Bonchev–Trinajstić information content (AvgIpc) is 2.69. The van der Waals surface area contributed by atoms with Crippen molar-refractivity contribution in [1.29, 1.82) is 0 Å². The van der Waals surface area contributed by atoms with Gasteiger partial charge in [0.15, 0.2) is 12.5 Å².